The third kappa shape index (κ3) is 3.34. The van der Waals surface area contributed by atoms with Gasteiger partial charge in [-0.05, 0) is 31.4 Å². The molecule has 1 fully saturated rings. The zero-order valence-electron chi connectivity index (χ0n) is 11.6. The van der Waals surface area contributed by atoms with Crippen molar-refractivity contribution in [3.05, 3.63) is 35.9 Å². The lowest BCUT2D eigenvalue weighted by Crippen LogP contribution is -2.43. The average molecular weight is 258 g/mol. The summed E-state index contributed by atoms with van der Waals surface area (Å²) in [5, 5.41) is 12.7. The highest BCUT2D eigenvalue weighted by Crippen LogP contribution is 2.26. The zero-order chi connectivity index (χ0) is 13.6. The van der Waals surface area contributed by atoms with Crippen LogP contribution in [0.25, 0.3) is 0 Å². The van der Waals surface area contributed by atoms with Crippen molar-refractivity contribution < 1.29 is 4.74 Å². The van der Waals surface area contributed by atoms with Crippen molar-refractivity contribution in [2.24, 2.45) is 5.92 Å². The van der Waals surface area contributed by atoms with Crippen molar-refractivity contribution in [1.29, 1.82) is 5.26 Å². The number of nitriles is 1. The second kappa shape index (κ2) is 6.70. The summed E-state index contributed by atoms with van der Waals surface area (Å²) in [6, 6.07) is 12.2. The Kier molecular flexibility index (Phi) is 4.95. The molecule has 1 aliphatic rings. The monoisotopic (exact) mass is 258 g/mol. The van der Waals surface area contributed by atoms with Crippen molar-refractivity contribution in [3.8, 4) is 6.07 Å². The van der Waals surface area contributed by atoms with E-state index in [1.807, 2.05) is 37.4 Å². The van der Waals surface area contributed by atoms with Crippen LogP contribution < -0.4 is 5.32 Å². The lowest BCUT2D eigenvalue weighted by atomic mass is 9.92. The molecule has 0 heterocycles. The van der Waals surface area contributed by atoms with Crippen molar-refractivity contribution >= 4 is 0 Å². The summed E-state index contributed by atoms with van der Waals surface area (Å²) >= 11 is 0. The van der Waals surface area contributed by atoms with Crippen molar-refractivity contribution in [3.63, 3.8) is 0 Å². The maximum Gasteiger partial charge on any atom is 0.155 e. The second-order valence-electron chi connectivity index (χ2n) is 5.30. The standard InChI is InChI=1S/C16H22N2O/c1-18-16(12-17,15-9-3-2-4-10-15)13-19-11-14-7-5-6-8-14/h2-4,9-10,14,18H,5-8,11,13H2,1H3. The first-order valence-electron chi connectivity index (χ1n) is 7.04. The summed E-state index contributed by atoms with van der Waals surface area (Å²) in [7, 11) is 1.81. The van der Waals surface area contributed by atoms with Gasteiger partial charge in [-0.2, -0.15) is 5.26 Å². The van der Waals surface area contributed by atoms with E-state index in [2.05, 4.69) is 11.4 Å². The van der Waals surface area contributed by atoms with Gasteiger partial charge in [0.25, 0.3) is 0 Å². The molecule has 1 N–H and O–H groups in total. The number of benzene rings is 1. The molecule has 1 saturated carbocycles. The van der Waals surface area contributed by atoms with Crippen molar-refractivity contribution in [2.75, 3.05) is 20.3 Å². The summed E-state index contributed by atoms with van der Waals surface area (Å²) in [5.41, 5.74) is 0.228. The first-order chi connectivity index (χ1) is 9.30. The van der Waals surface area contributed by atoms with E-state index < -0.39 is 5.54 Å². The molecule has 102 valence electrons. The largest absolute Gasteiger partial charge is 0.378 e. The van der Waals surface area contributed by atoms with Crippen LogP contribution in [0.1, 0.15) is 31.2 Å². The molecule has 19 heavy (non-hydrogen) atoms. The maximum atomic E-state index is 9.53. The van der Waals surface area contributed by atoms with Crippen LogP contribution in [0, 0.1) is 17.2 Å². The number of nitrogens with one attached hydrogen (secondary N) is 1. The lowest BCUT2D eigenvalue weighted by molar-refractivity contribution is 0.0663. The summed E-state index contributed by atoms with van der Waals surface area (Å²) in [5.74, 6) is 0.684. The number of ether oxygens (including phenoxy) is 1. The summed E-state index contributed by atoms with van der Waals surface area (Å²) in [4.78, 5) is 0. The van der Waals surface area contributed by atoms with Crippen LogP contribution in [0.15, 0.2) is 30.3 Å². The Hall–Kier alpha value is -1.37. The van der Waals surface area contributed by atoms with E-state index in [1.54, 1.807) is 0 Å². The Bertz CT molecular complexity index is 420. The Labute approximate surface area is 115 Å². The predicted octanol–water partition coefficient (Wildman–Crippen LogP) is 2.83. The van der Waals surface area contributed by atoms with Crippen LogP contribution in [0.4, 0.5) is 0 Å². The highest BCUT2D eigenvalue weighted by atomic mass is 16.5. The van der Waals surface area contributed by atoms with Crippen molar-refractivity contribution in [2.45, 2.75) is 31.2 Å². The lowest BCUT2D eigenvalue weighted by Gasteiger charge is -2.27. The first kappa shape index (κ1) is 14.0. The minimum atomic E-state index is -0.736. The zero-order valence-corrected chi connectivity index (χ0v) is 11.6. The van der Waals surface area contributed by atoms with Crippen LogP contribution in [0.5, 0.6) is 0 Å². The fourth-order valence-corrected chi connectivity index (χ4v) is 2.73. The molecule has 3 heteroatoms. The van der Waals surface area contributed by atoms with E-state index in [9.17, 15) is 5.26 Å². The summed E-state index contributed by atoms with van der Waals surface area (Å²) < 4.78 is 5.83. The van der Waals surface area contributed by atoms with Gasteiger partial charge in [-0.1, -0.05) is 43.2 Å². The molecule has 1 aromatic carbocycles. The first-order valence-corrected chi connectivity index (χ1v) is 7.04. The Morgan fingerprint density at radius 3 is 2.58 bits per heavy atom. The summed E-state index contributed by atoms with van der Waals surface area (Å²) in [6.07, 6.45) is 5.18. The fraction of sp³-hybridized carbons (Fsp3) is 0.562. The van der Waals surface area contributed by atoms with Gasteiger partial charge < -0.3 is 4.74 Å². The number of hydrogen-bond acceptors (Lipinski definition) is 3. The fourth-order valence-electron chi connectivity index (χ4n) is 2.73. The molecule has 1 aromatic rings. The summed E-state index contributed by atoms with van der Waals surface area (Å²) in [6.45, 7) is 1.18. The minimum absolute atomic E-state index is 0.403. The normalized spacial score (nSPS) is 18.9. The van der Waals surface area contributed by atoms with Crippen LogP contribution in [0.2, 0.25) is 0 Å². The molecule has 0 bridgehead atoms. The third-order valence-electron chi connectivity index (χ3n) is 4.03. The number of nitrogens with zero attached hydrogens (tertiary/aromatic N) is 1. The van der Waals surface area contributed by atoms with Crippen LogP contribution >= 0.6 is 0 Å². The van der Waals surface area contributed by atoms with Gasteiger partial charge in [0.15, 0.2) is 5.54 Å². The molecule has 1 atom stereocenters. The van der Waals surface area contributed by atoms with Gasteiger partial charge >= 0.3 is 0 Å². The van der Waals surface area contributed by atoms with E-state index in [1.165, 1.54) is 25.7 Å². The highest BCUT2D eigenvalue weighted by molar-refractivity contribution is 5.31. The quantitative estimate of drug-likeness (QED) is 0.853. The van der Waals surface area contributed by atoms with Gasteiger partial charge in [-0.3, -0.25) is 5.32 Å². The van der Waals surface area contributed by atoms with Crippen LogP contribution in [-0.4, -0.2) is 20.3 Å². The van der Waals surface area contributed by atoms with E-state index in [4.69, 9.17) is 4.74 Å². The van der Waals surface area contributed by atoms with Gasteiger partial charge in [0, 0.05) is 6.61 Å². The Morgan fingerprint density at radius 1 is 1.32 bits per heavy atom. The van der Waals surface area contributed by atoms with Gasteiger partial charge in [0.1, 0.15) is 0 Å². The molecule has 1 aliphatic carbocycles. The molecule has 0 amide bonds. The van der Waals surface area contributed by atoms with Gasteiger partial charge in [-0.15, -0.1) is 0 Å². The van der Waals surface area contributed by atoms with Crippen molar-refractivity contribution in [1.82, 2.24) is 5.32 Å². The maximum absolute atomic E-state index is 9.53. The van der Waals surface area contributed by atoms with Gasteiger partial charge in [0.2, 0.25) is 0 Å². The SMILES string of the molecule is CNC(C#N)(COCC1CCCC1)c1ccccc1. The molecule has 3 nitrogen and oxygen atoms in total. The van der Waals surface area contributed by atoms with E-state index >= 15 is 0 Å². The number of likely N-dealkylation sites (N-methyl/N-ethyl adjacent to an activating group) is 1. The molecule has 0 spiro atoms. The second-order valence-corrected chi connectivity index (χ2v) is 5.30. The molecule has 0 aliphatic heterocycles. The molecule has 0 aromatic heterocycles. The molecule has 0 radical (unpaired) electrons. The third-order valence-corrected chi connectivity index (χ3v) is 4.03. The van der Waals surface area contributed by atoms with E-state index in [-0.39, 0.29) is 0 Å². The van der Waals surface area contributed by atoms with Crippen LogP contribution in [0.3, 0.4) is 0 Å². The molecule has 1 unspecified atom stereocenters. The van der Waals surface area contributed by atoms with E-state index in [0.29, 0.717) is 12.5 Å². The Morgan fingerprint density at radius 2 is 2.00 bits per heavy atom. The average Bonchev–Trinajstić information content (AvgIpc) is 2.98. The highest BCUT2D eigenvalue weighted by Gasteiger charge is 2.31. The van der Waals surface area contributed by atoms with Gasteiger partial charge in [0.05, 0.1) is 12.7 Å². The number of hydrogen-bond donors (Lipinski definition) is 1. The predicted molar refractivity (Wildman–Crippen MR) is 75.6 cm³/mol. The Balaban J connectivity index is 1.97. The smallest absolute Gasteiger partial charge is 0.155 e. The molecular weight excluding hydrogens is 236 g/mol. The number of rotatable bonds is 6. The topological polar surface area (TPSA) is 45.0 Å². The molecule has 0 saturated heterocycles. The van der Waals surface area contributed by atoms with Gasteiger partial charge in [-0.25, -0.2) is 0 Å². The van der Waals surface area contributed by atoms with E-state index in [0.717, 1.165) is 12.2 Å². The molecular formula is C16H22N2O. The molecule has 2 rings (SSSR count). The minimum Gasteiger partial charge on any atom is -0.378 e. The van der Waals surface area contributed by atoms with Crippen LogP contribution in [-0.2, 0) is 10.3 Å².